The Morgan fingerprint density at radius 1 is 1.48 bits per heavy atom. The van der Waals surface area contributed by atoms with Gasteiger partial charge in [0.05, 0.1) is 19.8 Å². The third kappa shape index (κ3) is 2.94. The summed E-state index contributed by atoms with van der Waals surface area (Å²) in [5.41, 5.74) is 1.58. The molecule has 0 unspecified atom stereocenters. The van der Waals surface area contributed by atoms with Gasteiger partial charge < -0.3 is 24.8 Å². The summed E-state index contributed by atoms with van der Waals surface area (Å²) >= 11 is 3.62. The summed E-state index contributed by atoms with van der Waals surface area (Å²) in [5, 5.41) is 13.1. The van der Waals surface area contributed by atoms with Crippen molar-refractivity contribution in [3.63, 3.8) is 0 Å². The van der Waals surface area contributed by atoms with Gasteiger partial charge >= 0.3 is 6.03 Å². The van der Waals surface area contributed by atoms with Crippen LogP contribution in [0.2, 0.25) is 0 Å². The molecule has 1 aromatic carbocycles. The number of carbonyl (C=O) groups is 2. The molecule has 1 saturated carbocycles. The predicted octanol–water partition coefficient (Wildman–Crippen LogP) is 2.75. The number of aliphatic hydroxyl groups is 1. The molecule has 158 valence electrons. The largest absolute Gasteiger partial charge is 0.495 e. The second kappa shape index (κ2) is 7.47. The van der Waals surface area contributed by atoms with E-state index in [1.807, 2.05) is 13.0 Å². The van der Waals surface area contributed by atoms with Gasteiger partial charge in [0.1, 0.15) is 27.9 Å². The third-order valence-electron chi connectivity index (χ3n) is 6.77. The molecule has 0 saturated heterocycles. The average Bonchev–Trinajstić information content (AvgIpc) is 2.93. The molecule has 1 aliphatic carbocycles. The molecule has 1 spiro atoms. The lowest BCUT2D eigenvalue weighted by molar-refractivity contribution is -0.127. The first kappa shape index (κ1) is 20.5. The second-order valence-corrected chi connectivity index (χ2v) is 9.05. The number of aliphatic hydroxyl groups excluding tert-OH is 1. The number of ether oxygens (including phenoxy) is 2. The lowest BCUT2D eigenvalue weighted by Crippen LogP contribution is -2.54. The second-order valence-electron chi connectivity index (χ2n) is 8.25. The maximum absolute atomic E-state index is 12.8. The summed E-state index contributed by atoms with van der Waals surface area (Å²) in [6, 6.07) is 1.38. The van der Waals surface area contributed by atoms with Crippen molar-refractivity contribution in [2.75, 3.05) is 20.3 Å². The van der Waals surface area contributed by atoms with Crippen LogP contribution < -0.4 is 14.8 Å². The maximum Gasteiger partial charge on any atom is 0.318 e. The van der Waals surface area contributed by atoms with Gasteiger partial charge in [-0.2, -0.15) is 0 Å². The Hall–Kier alpha value is -1.80. The predicted molar refractivity (Wildman–Crippen MR) is 110 cm³/mol. The maximum atomic E-state index is 12.8. The summed E-state index contributed by atoms with van der Waals surface area (Å²) in [6.45, 7) is 4.67. The lowest BCUT2D eigenvalue weighted by Gasteiger charge is -2.44. The van der Waals surface area contributed by atoms with Crippen molar-refractivity contribution < 1.29 is 24.2 Å². The minimum atomic E-state index is -0.429. The summed E-state index contributed by atoms with van der Waals surface area (Å²) in [5.74, 6) is 1.57. The first-order chi connectivity index (χ1) is 13.9. The van der Waals surface area contributed by atoms with Crippen molar-refractivity contribution in [1.82, 2.24) is 10.2 Å². The molecule has 0 aromatic heterocycles. The normalized spacial score (nSPS) is 30.2. The van der Waals surface area contributed by atoms with Crippen molar-refractivity contribution in [2.45, 2.75) is 57.2 Å². The first-order valence-electron chi connectivity index (χ1n) is 10.1. The Morgan fingerprint density at radius 2 is 2.24 bits per heavy atom. The van der Waals surface area contributed by atoms with Gasteiger partial charge in [-0.3, -0.25) is 4.79 Å². The number of benzene rings is 1. The van der Waals surface area contributed by atoms with E-state index in [-0.39, 0.29) is 36.5 Å². The summed E-state index contributed by atoms with van der Waals surface area (Å²) in [6.07, 6.45) is 1.06. The third-order valence-corrected chi connectivity index (χ3v) is 7.52. The van der Waals surface area contributed by atoms with E-state index in [0.717, 1.165) is 15.6 Å². The van der Waals surface area contributed by atoms with E-state index in [4.69, 9.17) is 9.47 Å². The highest BCUT2D eigenvalue weighted by Gasteiger charge is 2.59. The first-order valence-corrected chi connectivity index (χ1v) is 10.9. The monoisotopic (exact) mass is 466 g/mol. The van der Waals surface area contributed by atoms with Crippen LogP contribution in [0.15, 0.2) is 10.5 Å². The van der Waals surface area contributed by atoms with Crippen molar-refractivity contribution in [3.8, 4) is 11.5 Å². The van der Waals surface area contributed by atoms with Crippen LogP contribution in [0.25, 0.3) is 0 Å². The number of nitrogens with one attached hydrogen (secondary N) is 1. The molecular weight excluding hydrogens is 440 g/mol. The number of nitrogens with zero attached hydrogens (tertiary/aromatic N) is 1. The molecule has 7 nitrogen and oxygen atoms in total. The molecule has 2 heterocycles. The van der Waals surface area contributed by atoms with Crippen LogP contribution in [-0.2, 0) is 16.8 Å². The molecule has 0 radical (unpaired) electrons. The highest BCUT2D eigenvalue weighted by Crippen LogP contribution is 2.60. The molecule has 3 aliphatic rings. The quantitative estimate of drug-likeness (QED) is 0.714. The van der Waals surface area contributed by atoms with Crippen LogP contribution >= 0.6 is 15.9 Å². The number of urea groups is 1. The number of hydrogen-bond donors (Lipinski definition) is 2. The van der Waals surface area contributed by atoms with E-state index in [9.17, 15) is 14.7 Å². The molecular formula is C21H27BrN2O5. The Bertz CT molecular complexity index is 860. The number of halogens is 1. The van der Waals surface area contributed by atoms with Gasteiger partial charge in [-0.15, -0.1) is 0 Å². The van der Waals surface area contributed by atoms with E-state index in [0.29, 0.717) is 43.9 Å². The van der Waals surface area contributed by atoms with Crippen LogP contribution in [-0.4, -0.2) is 54.2 Å². The van der Waals surface area contributed by atoms with Crippen LogP contribution in [0, 0.1) is 5.92 Å². The molecule has 1 fully saturated rings. The summed E-state index contributed by atoms with van der Waals surface area (Å²) in [7, 11) is 1.60. The van der Waals surface area contributed by atoms with Crippen molar-refractivity contribution in [3.05, 3.63) is 21.7 Å². The lowest BCUT2D eigenvalue weighted by atomic mass is 9.59. The molecule has 2 aliphatic heterocycles. The van der Waals surface area contributed by atoms with Gasteiger partial charge in [0.25, 0.3) is 0 Å². The molecule has 4 atom stereocenters. The van der Waals surface area contributed by atoms with Gasteiger partial charge in [-0.1, -0.05) is 6.92 Å². The molecule has 0 bridgehead atoms. The summed E-state index contributed by atoms with van der Waals surface area (Å²) in [4.78, 5) is 26.9. The fraction of sp³-hybridized carbons (Fsp3) is 0.619. The minimum Gasteiger partial charge on any atom is -0.495 e. The minimum absolute atomic E-state index is 0.0391. The number of rotatable bonds is 3. The van der Waals surface area contributed by atoms with Gasteiger partial charge in [-0.25, -0.2) is 4.79 Å². The van der Waals surface area contributed by atoms with Gasteiger partial charge in [0.2, 0.25) is 0 Å². The Labute approximate surface area is 178 Å². The zero-order valence-corrected chi connectivity index (χ0v) is 18.5. The highest BCUT2D eigenvalue weighted by molar-refractivity contribution is 9.10. The SMILES string of the molecule is CCNC(=O)N1Cc2cc(OC)c(Br)c3c2[C@@]2(C[C@H]1CO)[C@H](C)CC(=O)C[C@H]2O3. The Balaban J connectivity index is 1.94. The standard InChI is InChI=1S/C21H27BrN2O5/c1-4-23-20(27)24-9-12-6-15(28-3)18(22)19-17(12)21(8-13(24)10-25)11(2)5-14(26)7-16(21)29-19/h6,11,13,16,25H,4-5,7-10H2,1-3H3,(H,23,27)/t11-,13+,16-,21+/m1/s1. The number of methoxy groups -OCH3 is 1. The van der Waals surface area contributed by atoms with Crippen molar-refractivity contribution in [2.24, 2.45) is 5.92 Å². The number of carbonyl (C=O) groups excluding carboxylic acids is 2. The highest BCUT2D eigenvalue weighted by atomic mass is 79.9. The number of amides is 2. The average molecular weight is 467 g/mol. The fourth-order valence-electron chi connectivity index (χ4n) is 5.47. The van der Waals surface area contributed by atoms with E-state index in [1.165, 1.54) is 0 Å². The van der Waals surface area contributed by atoms with Gasteiger partial charge in [0.15, 0.2) is 0 Å². The Morgan fingerprint density at radius 3 is 2.90 bits per heavy atom. The van der Waals surface area contributed by atoms with E-state index in [2.05, 4.69) is 28.2 Å². The van der Waals surface area contributed by atoms with Crippen LogP contribution in [0.3, 0.4) is 0 Å². The zero-order chi connectivity index (χ0) is 20.9. The number of Topliss-reactive ketones (excluding diaryl/α,β-unsaturated/α-hetero) is 1. The molecule has 1 aromatic rings. The van der Waals surface area contributed by atoms with E-state index in [1.54, 1.807) is 12.0 Å². The molecule has 8 heteroatoms. The summed E-state index contributed by atoms with van der Waals surface area (Å²) < 4.78 is 12.7. The molecule has 2 amide bonds. The van der Waals surface area contributed by atoms with Crippen LogP contribution in [0.5, 0.6) is 11.5 Å². The van der Waals surface area contributed by atoms with Crippen LogP contribution in [0.1, 0.15) is 44.2 Å². The van der Waals surface area contributed by atoms with E-state index >= 15 is 0 Å². The number of ketones is 1. The topological polar surface area (TPSA) is 88.1 Å². The fourth-order valence-corrected chi connectivity index (χ4v) is 6.03. The van der Waals surface area contributed by atoms with Gasteiger partial charge in [0, 0.05) is 36.9 Å². The smallest absolute Gasteiger partial charge is 0.318 e. The molecule has 29 heavy (non-hydrogen) atoms. The Kier molecular flexibility index (Phi) is 5.27. The van der Waals surface area contributed by atoms with Gasteiger partial charge in [-0.05, 0) is 46.8 Å². The number of hydrogen-bond acceptors (Lipinski definition) is 5. The van der Waals surface area contributed by atoms with Crippen molar-refractivity contribution in [1.29, 1.82) is 0 Å². The zero-order valence-electron chi connectivity index (χ0n) is 17.0. The van der Waals surface area contributed by atoms with E-state index < -0.39 is 5.41 Å². The molecule has 4 rings (SSSR count). The van der Waals surface area contributed by atoms with Crippen LogP contribution in [0.4, 0.5) is 4.79 Å². The van der Waals surface area contributed by atoms with Crippen molar-refractivity contribution >= 4 is 27.7 Å². The molecule has 2 N–H and O–H groups in total.